The van der Waals surface area contributed by atoms with Crippen molar-refractivity contribution in [3.63, 3.8) is 0 Å². The Labute approximate surface area is 166 Å². The van der Waals surface area contributed by atoms with Crippen molar-refractivity contribution in [2.24, 2.45) is 11.8 Å². The smallest absolute Gasteiger partial charge is 0.176 e. The zero-order chi connectivity index (χ0) is 19.9. The van der Waals surface area contributed by atoms with Gasteiger partial charge in [0.25, 0.3) is 0 Å². The largest absolute Gasteiger partial charge is 0.389 e. The van der Waals surface area contributed by atoms with Gasteiger partial charge >= 0.3 is 0 Å². The lowest BCUT2D eigenvalue weighted by Crippen LogP contribution is -2.55. The first-order chi connectivity index (χ1) is 13.2. The van der Waals surface area contributed by atoms with E-state index >= 15 is 0 Å². The van der Waals surface area contributed by atoms with Crippen molar-refractivity contribution >= 4 is 5.78 Å². The van der Waals surface area contributed by atoms with E-state index in [1.54, 1.807) is 26.0 Å². The number of likely N-dealkylation sites (tertiary alicyclic amines) is 1. The summed E-state index contributed by atoms with van der Waals surface area (Å²) in [6.45, 7) is 5.52. The Morgan fingerprint density at radius 1 is 1.11 bits per heavy atom. The van der Waals surface area contributed by atoms with Crippen LogP contribution >= 0.6 is 0 Å². The molecular weight excluding hydrogens is 350 g/mol. The summed E-state index contributed by atoms with van der Waals surface area (Å²) < 4.78 is 0. The topological polar surface area (TPSA) is 60.8 Å². The predicted octanol–water partition coefficient (Wildman–Crippen LogP) is 3.02. The predicted molar refractivity (Wildman–Crippen MR) is 109 cm³/mol. The average molecular weight is 380 g/mol. The summed E-state index contributed by atoms with van der Waals surface area (Å²) in [5.41, 5.74) is 1.10. The zero-order valence-electron chi connectivity index (χ0n) is 16.6. The van der Waals surface area contributed by atoms with Gasteiger partial charge in [-0.2, -0.15) is 0 Å². The van der Waals surface area contributed by atoms with Gasteiger partial charge in [-0.05, 0) is 37.3 Å². The molecule has 4 heteroatoms. The molecule has 1 saturated carbocycles. The Balaban J connectivity index is 1.35. The Bertz CT molecular complexity index is 840. The lowest BCUT2D eigenvalue weighted by molar-refractivity contribution is -0.116. The maximum atomic E-state index is 12.7. The summed E-state index contributed by atoms with van der Waals surface area (Å²) in [5.74, 6) is 0.826. The molecule has 2 aromatic rings. The van der Waals surface area contributed by atoms with Gasteiger partial charge in [0, 0.05) is 31.0 Å². The average Bonchev–Trinajstić information content (AvgIpc) is 2.99. The minimum atomic E-state index is -0.904. The summed E-state index contributed by atoms with van der Waals surface area (Å²) in [6.07, 6.45) is 1.51. The molecule has 4 nitrogen and oxygen atoms in total. The Kier molecular flexibility index (Phi) is 4.90. The Hall–Kier alpha value is -2.01. The van der Waals surface area contributed by atoms with Crippen LogP contribution in [0, 0.1) is 11.8 Å². The highest BCUT2D eigenvalue weighted by Crippen LogP contribution is 2.50. The summed E-state index contributed by atoms with van der Waals surface area (Å²) in [5, 5.41) is 21.1. The third-order valence-electron chi connectivity index (χ3n) is 6.46. The molecule has 28 heavy (non-hydrogen) atoms. The fourth-order valence-corrected chi connectivity index (χ4v) is 4.86. The van der Waals surface area contributed by atoms with Gasteiger partial charge in [0.05, 0.1) is 17.7 Å². The van der Waals surface area contributed by atoms with Crippen LogP contribution in [-0.4, -0.2) is 46.1 Å². The van der Waals surface area contributed by atoms with Crippen LogP contribution in [0.5, 0.6) is 0 Å². The second-order valence-electron chi connectivity index (χ2n) is 9.09. The van der Waals surface area contributed by atoms with Gasteiger partial charge in [-0.3, -0.25) is 9.69 Å². The molecule has 2 fully saturated rings. The van der Waals surface area contributed by atoms with E-state index in [0.717, 1.165) is 25.1 Å². The number of Topliss-reactive ketones (excluding diaryl/α,β-unsaturated/α-hetero) is 1. The fourth-order valence-electron chi connectivity index (χ4n) is 4.86. The standard InChI is InChI=1S/C24H29NO3/c1-23(2,27)20-10-8-18(9-11-20)22(26)16-25-14-19-13-24(28,21(19)15-25)12-17-6-4-3-5-7-17/h3-11,19,21,27-28H,12-16H2,1-2H3/t19-,21+,24-/m1/s1. The van der Waals surface area contributed by atoms with E-state index in [-0.39, 0.29) is 11.7 Å². The van der Waals surface area contributed by atoms with Crippen LogP contribution in [0.1, 0.15) is 41.8 Å². The van der Waals surface area contributed by atoms with Gasteiger partial charge < -0.3 is 10.2 Å². The number of benzene rings is 2. The molecule has 0 radical (unpaired) electrons. The van der Waals surface area contributed by atoms with Gasteiger partial charge in [-0.25, -0.2) is 0 Å². The van der Waals surface area contributed by atoms with E-state index in [2.05, 4.69) is 17.0 Å². The van der Waals surface area contributed by atoms with Crippen molar-refractivity contribution < 1.29 is 15.0 Å². The maximum Gasteiger partial charge on any atom is 0.176 e. The molecule has 1 aliphatic carbocycles. The summed E-state index contributed by atoms with van der Waals surface area (Å²) in [4.78, 5) is 14.9. The molecule has 0 bridgehead atoms. The lowest BCUT2D eigenvalue weighted by atomic mass is 9.61. The number of rotatable bonds is 6. The van der Waals surface area contributed by atoms with Gasteiger partial charge in [-0.1, -0.05) is 54.6 Å². The third-order valence-corrected chi connectivity index (χ3v) is 6.46. The molecule has 3 atom stereocenters. The minimum Gasteiger partial charge on any atom is -0.389 e. The third kappa shape index (κ3) is 3.77. The number of fused-ring (bicyclic) bond motifs is 1. The van der Waals surface area contributed by atoms with Crippen LogP contribution < -0.4 is 0 Å². The molecule has 0 amide bonds. The van der Waals surface area contributed by atoms with Crippen molar-refractivity contribution in [1.82, 2.24) is 4.90 Å². The zero-order valence-corrected chi connectivity index (χ0v) is 16.6. The lowest BCUT2D eigenvalue weighted by Gasteiger charge is -2.48. The number of carbonyl (C=O) groups excluding carboxylic acids is 1. The molecule has 0 spiro atoms. The van der Waals surface area contributed by atoms with Crippen molar-refractivity contribution in [2.45, 2.75) is 37.9 Å². The van der Waals surface area contributed by atoms with Crippen molar-refractivity contribution in [1.29, 1.82) is 0 Å². The van der Waals surface area contributed by atoms with Crippen LogP contribution in [0.15, 0.2) is 54.6 Å². The van der Waals surface area contributed by atoms with Crippen LogP contribution in [0.4, 0.5) is 0 Å². The first-order valence-electron chi connectivity index (χ1n) is 10.1. The quantitative estimate of drug-likeness (QED) is 0.758. The number of ketones is 1. The molecule has 1 heterocycles. The van der Waals surface area contributed by atoms with Crippen molar-refractivity contribution in [2.75, 3.05) is 19.6 Å². The van der Waals surface area contributed by atoms with Gasteiger partial charge in [0.1, 0.15) is 0 Å². The molecule has 2 N–H and O–H groups in total. The van der Waals surface area contributed by atoms with E-state index in [4.69, 9.17) is 0 Å². The second kappa shape index (κ2) is 7.11. The Morgan fingerprint density at radius 2 is 1.79 bits per heavy atom. The van der Waals surface area contributed by atoms with E-state index < -0.39 is 11.2 Å². The number of carbonyl (C=O) groups is 1. The number of hydrogen-bond acceptors (Lipinski definition) is 4. The molecule has 0 unspecified atom stereocenters. The van der Waals surface area contributed by atoms with E-state index in [1.165, 1.54) is 5.56 Å². The summed E-state index contributed by atoms with van der Waals surface area (Å²) in [7, 11) is 0. The normalized spacial score (nSPS) is 27.3. The summed E-state index contributed by atoms with van der Waals surface area (Å²) >= 11 is 0. The van der Waals surface area contributed by atoms with Crippen LogP contribution in [0.25, 0.3) is 0 Å². The molecule has 4 rings (SSSR count). The minimum absolute atomic E-state index is 0.0928. The number of hydrogen-bond donors (Lipinski definition) is 2. The number of aliphatic hydroxyl groups is 2. The highest BCUT2D eigenvalue weighted by atomic mass is 16.3. The highest BCUT2D eigenvalue weighted by Gasteiger charge is 2.56. The number of nitrogens with zero attached hydrogens (tertiary/aromatic N) is 1. The van der Waals surface area contributed by atoms with Crippen LogP contribution in [0.2, 0.25) is 0 Å². The van der Waals surface area contributed by atoms with Crippen molar-refractivity contribution in [3.05, 3.63) is 71.3 Å². The molecule has 2 aliphatic rings. The van der Waals surface area contributed by atoms with E-state index in [9.17, 15) is 15.0 Å². The summed E-state index contributed by atoms with van der Waals surface area (Å²) in [6, 6.07) is 17.4. The molecule has 1 aliphatic heterocycles. The molecule has 0 aromatic heterocycles. The molecule has 1 saturated heterocycles. The first kappa shape index (κ1) is 19.3. The second-order valence-corrected chi connectivity index (χ2v) is 9.09. The highest BCUT2D eigenvalue weighted by molar-refractivity contribution is 5.97. The van der Waals surface area contributed by atoms with Gasteiger partial charge in [0.15, 0.2) is 5.78 Å². The van der Waals surface area contributed by atoms with Crippen molar-refractivity contribution in [3.8, 4) is 0 Å². The monoisotopic (exact) mass is 379 g/mol. The molecule has 148 valence electrons. The van der Waals surface area contributed by atoms with E-state index in [0.29, 0.717) is 24.4 Å². The maximum absolute atomic E-state index is 12.7. The fraction of sp³-hybridized carbons (Fsp3) is 0.458. The van der Waals surface area contributed by atoms with E-state index in [1.807, 2.05) is 30.3 Å². The molecule has 2 aromatic carbocycles. The van der Waals surface area contributed by atoms with Crippen LogP contribution in [-0.2, 0) is 12.0 Å². The van der Waals surface area contributed by atoms with Gasteiger partial charge in [0.2, 0.25) is 0 Å². The van der Waals surface area contributed by atoms with Gasteiger partial charge in [-0.15, -0.1) is 0 Å². The first-order valence-corrected chi connectivity index (χ1v) is 10.1. The van der Waals surface area contributed by atoms with Crippen LogP contribution in [0.3, 0.4) is 0 Å². The Morgan fingerprint density at radius 3 is 2.43 bits per heavy atom. The molecular formula is C24H29NO3. The SMILES string of the molecule is CC(C)(O)c1ccc(C(=O)CN2C[C@H]3C[C@](O)(Cc4ccccc4)[C@H]3C2)cc1.